The van der Waals surface area contributed by atoms with Crippen LogP contribution in [0, 0.1) is 6.92 Å². The largest absolute Gasteiger partial charge is 0.397 e. The monoisotopic (exact) mass is 262 g/mol. The Morgan fingerprint density at radius 1 is 1.39 bits per heavy atom. The lowest BCUT2D eigenvalue weighted by atomic mass is 9.90. The number of thiophene rings is 1. The lowest BCUT2D eigenvalue weighted by molar-refractivity contribution is 0.102. The predicted molar refractivity (Wildman–Crippen MR) is 77.5 cm³/mol. The zero-order chi connectivity index (χ0) is 13.7. The van der Waals surface area contributed by atoms with Gasteiger partial charge in [-0.25, -0.2) is 4.98 Å². The maximum atomic E-state index is 11.5. The van der Waals surface area contributed by atoms with Crippen LogP contribution in [-0.4, -0.2) is 10.8 Å². The third-order valence-corrected chi connectivity index (χ3v) is 4.18. The molecule has 3 nitrogen and oxygen atoms in total. The topological polar surface area (TPSA) is 56.0 Å². The second-order valence-corrected chi connectivity index (χ2v) is 6.65. The van der Waals surface area contributed by atoms with Crippen molar-refractivity contribution in [2.75, 3.05) is 5.73 Å². The van der Waals surface area contributed by atoms with Gasteiger partial charge in [0.05, 0.1) is 10.6 Å². The number of pyridine rings is 1. The number of anilines is 1. The number of rotatable bonds is 1. The molecule has 2 rings (SSSR count). The van der Waals surface area contributed by atoms with Crippen molar-refractivity contribution in [1.82, 2.24) is 4.98 Å². The van der Waals surface area contributed by atoms with E-state index < -0.39 is 0 Å². The van der Waals surface area contributed by atoms with E-state index in [2.05, 4.69) is 31.8 Å². The lowest BCUT2D eigenvalue weighted by Crippen LogP contribution is -2.13. The number of ketones is 1. The summed E-state index contributed by atoms with van der Waals surface area (Å²) in [6.07, 6.45) is 0. The van der Waals surface area contributed by atoms with Gasteiger partial charge < -0.3 is 5.73 Å². The van der Waals surface area contributed by atoms with Crippen LogP contribution in [0.25, 0.3) is 10.2 Å². The fourth-order valence-electron chi connectivity index (χ4n) is 1.96. The van der Waals surface area contributed by atoms with E-state index >= 15 is 0 Å². The molecule has 0 saturated carbocycles. The minimum Gasteiger partial charge on any atom is -0.397 e. The molecule has 0 bridgehead atoms. The van der Waals surface area contributed by atoms with Gasteiger partial charge in [-0.05, 0) is 18.6 Å². The molecular formula is C14H18N2OS. The number of fused-ring (bicyclic) bond motifs is 1. The molecule has 18 heavy (non-hydrogen) atoms. The van der Waals surface area contributed by atoms with Gasteiger partial charge in [0.1, 0.15) is 4.83 Å². The summed E-state index contributed by atoms with van der Waals surface area (Å²) < 4.78 is 0. The van der Waals surface area contributed by atoms with Gasteiger partial charge >= 0.3 is 0 Å². The normalized spacial score (nSPS) is 12.1. The van der Waals surface area contributed by atoms with E-state index in [1.54, 1.807) is 6.92 Å². The summed E-state index contributed by atoms with van der Waals surface area (Å²) in [5.41, 5.74) is 8.74. The third kappa shape index (κ3) is 2.01. The molecule has 0 atom stereocenters. The summed E-state index contributed by atoms with van der Waals surface area (Å²) in [6.45, 7) is 9.95. The van der Waals surface area contributed by atoms with Crippen LogP contribution >= 0.6 is 11.3 Å². The average molecular weight is 262 g/mol. The number of nitrogens with two attached hydrogens (primary N) is 1. The van der Waals surface area contributed by atoms with E-state index in [0.717, 1.165) is 21.5 Å². The van der Waals surface area contributed by atoms with Gasteiger partial charge in [-0.15, -0.1) is 11.3 Å². The van der Waals surface area contributed by atoms with Crippen molar-refractivity contribution in [3.63, 3.8) is 0 Å². The Morgan fingerprint density at radius 2 is 2.00 bits per heavy atom. The van der Waals surface area contributed by atoms with E-state index in [0.29, 0.717) is 10.6 Å². The van der Waals surface area contributed by atoms with Gasteiger partial charge in [0.2, 0.25) is 0 Å². The summed E-state index contributed by atoms with van der Waals surface area (Å²) in [5.74, 6) is 0.00667. The number of nitrogens with zero attached hydrogens (tertiary/aromatic N) is 1. The number of hydrogen-bond acceptors (Lipinski definition) is 4. The van der Waals surface area contributed by atoms with Crippen LogP contribution in [0.1, 0.15) is 48.6 Å². The fraction of sp³-hybridized carbons (Fsp3) is 0.429. The zero-order valence-electron chi connectivity index (χ0n) is 11.4. The van der Waals surface area contributed by atoms with Gasteiger partial charge in [-0.1, -0.05) is 20.8 Å². The molecule has 0 fully saturated rings. The van der Waals surface area contributed by atoms with E-state index in [-0.39, 0.29) is 11.2 Å². The number of nitrogen functional groups attached to an aromatic ring is 1. The molecule has 2 heterocycles. The van der Waals surface area contributed by atoms with Crippen molar-refractivity contribution < 1.29 is 4.79 Å². The molecule has 0 spiro atoms. The molecule has 0 amide bonds. The molecule has 2 aromatic rings. The third-order valence-electron chi connectivity index (χ3n) is 2.98. The van der Waals surface area contributed by atoms with Crippen LogP contribution in [0.15, 0.2) is 6.07 Å². The van der Waals surface area contributed by atoms with E-state index in [4.69, 9.17) is 5.73 Å². The molecule has 0 radical (unpaired) electrons. The maximum absolute atomic E-state index is 11.5. The minimum atomic E-state index is -0.00586. The van der Waals surface area contributed by atoms with Crippen molar-refractivity contribution in [2.45, 2.75) is 40.0 Å². The molecule has 2 N–H and O–H groups in total. The first-order valence-electron chi connectivity index (χ1n) is 5.93. The standard InChI is InChI=1S/C14H18N2OS/c1-7-6-9(14(3,4)5)16-13-10(7)11(15)12(18-13)8(2)17/h6H,15H2,1-5H3. The van der Waals surface area contributed by atoms with Crippen molar-refractivity contribution >= 4 is 33.0 Å². The Labute approximate surface area is 111 Å². The summed E-state index contributed by atoms with van der Waals surface area (Å²) in [6, 6.07) is 2.06. The van der Waals surface area contributed by atoms with Gasteiger partial charge in [-0.3, -0.25) is 4.79 Å². The predicted octanol–water partition coefficient (Wildman–Crippen LogP) is 3.69. The molecule has 4 heteroatoms. The SMILES string of the molecule is CC(=O)c1sc2nc(C(C)(C)C)cc(C)c2c1N. The van der Waals surface area contributed by atoms with E-state index in [9.17, 15) is 4.79 Å². The highest BCUT2D eigenvalue weighted by molar-refractivity contribution is 7.21. The average Bonchev–Trinajstić information content (AvgIpc) is 2.55. The van der Waals surface area contributed by atoms with Crippen LogP contribution in [0.2, 0.25) is 0 Å². The molecule has 0 aliphatic rings. The molecule has 0 aliphatic carbocycles. The highest BCUT2D eigenvalue weighted by Gasteiger charge is 2.21. The second-order valence-electron chi connectivity index (χ2n) is 5.66. The molecule has 0 aliphatic heterocycles. The first-order chi connectivity index (χ1) is 8.21. The van der Waals surface area contributed by atoms with Crippen LogP contribution in [0.5, 0.6) is 0 Å². The number of aromatic nitrogens is 1. The number of carbonyl (C=O) groups is 1. The lowest BCUT2D eigenvalue weighted by Gasteiger charge is -2.18. The Balaban J connectivity index is 2.79. The first kappa shape index (κ1) is 13.0. The number of Topliss-reactive ketones (excluding diaryl/α,β-unsaturated/α-hetero) is 1. The van der Waals surface area contributed by atoms with E-state index in [1.807, 2.05) is 6.92 Å². The van der Waals surface area contributed by atoms with Crippen LogP contribution in [0.3, 0.4) is 0 Å². The molecule has 96 valence electrons. The van der Waals surface area contributed by atoms with E-state index in [1.165, 1.54) is 11.3 Å². The molecule has 0 aromatic carbocycles. The summed E-state index contributed by atoms with van der Waals surface area (Å²) in [7, 11) is 0. The van der Waals surface area contributed by atoms with Crippen LogP contribution in [0.4, 0.5) is 5.69 Å². The summed E-state index contributed by atoms with van der Waals surface area (Å²) in [4.78, 5) is 17.7. The number of aryl methyl sites for hydroxylation is 1. The maximum Gasteiger partial charge on any atom is 0.171 e. The van der Waals surface area contributed by atoms with Gasteiger partial charge in [0.15, 0.2) is 5.78 Å². The Bertz CT molecular complexity index is 635. The van der Waals surface area contributed by atoms with Crippen molar-refractivity contribution in [3.8, 4) is 0 Å². The van der Waals surface area contributed by atoms with Crippen molar-refractivity contribution in [3.05, 3.63) is 22.2 Å². The Hall–Kier alpha value is -1.42. The number of hydrogen-bond donors (Lipinski definition) is 1. The minimum absolute atomic E-state index is 0.00586. The fourth-order valence-corrected chi connectivity index (χ4v) is 3.02. The molecule has 0 saturated heterocycles. The summed E-state index contributed by atoms with van der Waals surface area (Å²) in [5, 5.41) is 0.929. The van der Waals surface area contributed by atoms with Gasteiger partial charge in [0, 0.05) is 23.4 Å². The van der Waals surface area contributed by atoms with Gasteiger partial charge in [-0.2, -0.15) is 0 Å². The summed E-state index contributed by atoms with van der Waals surface area (Å²) >= 11 is 1.39. The Kier molecular flexibility index (Phi) is 2.93. The number of carbonyl (C=O) groups excluding carboxylic acids is 1. The second kappa shape index (κ2) is 4.05. The Morgan fingerprint density at radius 3 is 2.50 bits per heavy atom. The van der Waals surface area contributed by atoms with Crippen molar-refractivity contribution in [1.29, 1.82) is 0 Å². The quantitative estimate of drug-likeness (QED) is 0.797. The van der Waals surface area contributed by atoms with Gasteiger partial charge in [0.25, 0.3) is 0 Å². The van der Waals surface area contributed by atoms with Crippen LogP contribution < -0.4 is 5.73 Å². The zero-order valence-corrected chi connectivity index (χ0v) is 12.2. The molecule has 0 unspecified atom stereocenters. The first-order valence-corrected chi connectivity index (χ1v) is 6.74. The highest BCUT2D eigenvalue weighted by atomic mass is 32.1. The molecular weight excluding hydrogens is 244 g/mol. The highest BCUT2D eigenvalue weighted by Crippen LogP contribution is 2.36. The van der Waals surface area contributed by atoms with Crippen LogP contribution in [-0.2, 0) is 5.41 Å². The van der Waals surface area contributed by atoms with Crippen molar-refractivity contribution in [2.24, 2.45) is 0 Å². The molecule has 2 aromatic heterocycles. The smallest absolute Gasteiger partial charge is 0.171 e.